The zero-order valence-electron chi connectivity index (χ0n) is 12.5. The first-order chi connectivity index (χ1) is 11.1. The predicted octanol–water partition coefficient (Wildman–Crippen LogP) is 4.17. The third-order valence-corrected chi connectivity index (χ3v) is 4.14. The van der Waals surface area contributed by atoms with Crippen molar-refractivity contribution in [3.8, 4) is 5.69 Å². The first-order valence-electron chi connectivity index (χ1n) is 6.86. The van der Waals surface area contributed by atoms with Crippen molar-refractivity contribution in [3.63, 3.8) is 0 Å². The van der Waals surface area contributed by atoms with Gasteiger partial charge in [0.05, 0.1) is 27.7 Å². The zero-order valence-corrected chi connectivity index (χ0v) is 14.9. The molecule has 23 heavy (non-hydrogen) atoms. The molecule has 0 saturated heterocycles. The molecule has 2 aromatic heterocycles. The van der Waals surface area contributed by atoms with Gasteiger partial charge >= 0.3 is 0 Å². The number of halogens is 2. The fraction of sp³-hybridized carbons (Fsp3) is 0.133. The van der Waals surface area contributed by atoms with Crippen LogP contribution in [0.4, 0.5) is 17.5 Å². The van der Waals surface area contributed by atoms with Crippen LogP contribution in [0, 0.1) is 6.92 Å². The molecule has 8 heteroatoms. The normalized spacial score (nSPS) is 10.6. The molecule has 1 aromatic carbocycles. The molecule has 118 valence electrons. The Labute approximate surface area is 147 Å². The average Bonchev–Trinajstić information content (AvgIpc) is 2.91. The van der Waals surface area contributed by atoms with Gasteiger partial charge in [0, 0.05) is 18.3 Å². The quantitative estimate of drug-likeness (QED) is 0.696. The van der Waals surface area contributed by atoms with E-state index in [1.54, 1.807) is 19.4 Å². The number of anilines is 3. The lowest BCUT2D eigenvalue weighted by Gasteiger charge is -2.08. The van der Waals surface area contributed by atoms with Crippen LogP contribution in [-0.4, -0.2) is 26.8 Å². The van der Waals surface area contributed by atoms with Crippen molar-refractivity contribution in [3.05, 3.63) is 51.8 Å². The Morgan fingerprint density at radius 2 is 1.91 bits per heavy atom. The Hall–Kier alpha value is -2.12. The molecule has 2 heterocycles. The number of hydrogen-bond donors (Lipinski definition) is 2. The van der Waals surface area contributed by atoms with Crippen molar-refractivity contribution < 1.29 is 0 Å². The molecule has 0 saturated carbocycles. The molecule has 3 aromatic rings. The summed E-state index contributed by atoms with van der Waals surface area (Å²) in [7, 11) is 1.81. The minimum absolute atomic E-state index is 0.497. The van der Waals surface area contributed by atoms with Crippen LogP contribution in [0.25, 0.3) is 5.69 Å². The van der Waals surface area contributed by atoms with E-state index >= 15 is 0 Å². The van der Waals surface area contributed by atoms with Crippen molar-refractivity contribution in [1.82, 2.24) is 19.7 Å². The summed E-state index contributed by atoms with van der Waals surface area (Å²) in [5, 5.41) is 11.3. The van der Waals surface area contributed by atoms with Crippen LogP contribution in [0.5, 0.6) is 0 Å². The molecule has 0 fully saturated rings. The smallest absolute Gasteiger partial charge is 0.229 e. The molecular formula is C15H14BrClN6. The number of aromatic nitrogens is 4. The summed E-state index contributed by atoms with van der Waals surface area (Å²) in [6.07, 6.45) is 3.44. The number of hydrogen-bond acceptors (Lipinski definition) is 5. The summed E-state index contributed by atoms with van der Waals surface area (Å²) >= 11 is 9.31. The van der Waals surface area contributed by atoms with Gasteiger partial charge < -0.3 is 10.6 Å². The van der Waals surface area contributed by atoms with Gasteiger partial charge in [0.1, 0.15) is 5.82 Å². The molecular weight excluding hydrogens is 380 g/mol. The second-order valence-electron chi connectivity index (χ2n) is 4.80. The van der Waals surface area contributed by atoms with E-state index in [4.69, 9.17) is 11.6 Å². The van der Waals surface area contributed by atoms with Crippen LogP contribution < -0.4 is 10.6 Å². The fourth-order valence-corrected chi connectivity index (χ4v) is 2.61. The molecule has 0 amide bonds. The maximum absolute atomic E-state index is 5.92. The van der Waals surface area contributed by atoms with Crippen LogP contribution in [0.3, 0.4) is 0 Å². The Morgan fingerprint density at radius 3 is 2.61 bits per heavy atom. The number of benzene rings is 1. The SMILES string of the molecule is CNc1nc(Nc2cnn(-c3ccc(Cl)cc3)c2C)ncc1Br. The van der Waals surface area contributed by atoms with E-state index in [9.17, 15) is 0 Å². The summed E-state index contributed by atoms with van der Waals surface area (Å²) in [4.78, 5) is 8.64. The first-order valence-corrected chi connectivity index (χ1v) is 8.03. The summed E-state index contributed by atoms with van der Waals surface area (Å²) < 4.78 is 2.63. The van der Waals surface area contributed by atoms with E-state index < -0.39 is 0 Å². The van der Waals surface area contributed by atoms with Crippen LogP contribution in [-0.2, 0) is 0 Å². The minimum atomic E-state index is 0.497. The zero-order chi connectivity index (χ0) is 16.4. The molecule has 2 N–H and O–H groups in total. The van der Waals surface area contributed by atoms with Gasteiger partial charge in [-0.3, -0.25) is 0 Å². The molecule has 3 rings (SSSR count). The lowest BCUT2D eigenvalue weighted by Crippen LogP contribution is -2.03. The van der Waals surface area contributed by atoms with Gasteiger partial charge in [0.15, 0.2) is 0 Å². The third-order valence-electron chi connectivity index (χ3n) is 3.31. The van der Waals surface area contributed by atoms with Gasteiger partial charge in [-0.1, -0.05) is 11.6 Å². The van der Waals surface area contributed by atoms with Gasteiger partial charge in [0.25, 0.3) is 0 Å². The Morgan fingerprint density at radius 1 is 1.17 bits per heavy atom. The Kier molecular flexibility index (Phi) is 4.49. The second-order valence-corrected chi connectivity index (χ2v) is 6.09. The van der Waals surface area contributed by atoms with E-state index in [1.165, 1.54) is 0 Å². The largest absolute Gasteiger partial charge is 0.372 e. The molecule has 0 spiro atoms. The number of nitrogens with zero attached hydrogens (tertiary/aromatic N) is 4. The van der Waals surface area contributed by atoms with Gasteiger partial charge in [0.2, 0.25) is 5.95 Å². The Balaban J connectivity index is 1.89. The highest BCUT2D eigenvalue weighted by Crippen LogP contribution is 2.24. The topological polar surface area (TPSA) is 67.7 Å². The predicted molar refractivity (Wildman–Crippen MR) is 95.9 cm³/mol. The van der Waals surface area contributed by atoms with E-state index in [0.717, 1.165) is 21.5 Å². The van der Waals surface area contributed by atoms with Crippen molar-refractivity contribution in [2.24, 2.45) is 0 Å². The molecule has 0 atom stereocenters. The van der Waals surface area contributed by atoms with E-state index in [1.807, 2.05) is 35.9 Å². The summed E-state index contributed by atoms with van der Waals surface area (Å²) in [5.41, 5.74) is 2.72. The van der Waals surface area contributed by atoms with Crippen LogP contribution in [0.2, 0.25) is 5.02 Å². The number of nitrogens with one attached hydrogen (secondary N) is 2. The molecule has 0 aliphatic heterocycles. The highest BCUT2D eigenvalue weighted by molar-refractivity contribution is 9.10. The second kappa shape index (κ2) is 6.55. The number of rotatable bonds is 4. The van der Waals surface area contributed by atoms with E-state index in [2.05, 4.69) is 41.6 Å². The highest BCUT2D eigenvalue weighted by Gasteiger charge is 2.10. The monoisotopic (exact) mass is 392 g/mol. The van der Waals surface area contributed by atoms with Crippen LogP contribution in [0.1, 0.15) is 5.69 Å². The van der Waals surface area contributed by atoms with Crippen molar-refractivity contribution in [2.45, 2.75) is 6.92 Å². The van der Waals surface area contributed by atoms with Crippen LogP contribution >= 0.6 is 27.5 Å². The van der Waals surface area contributed by atoms with Crippen LogP contribution in [0.15, 0.2) is 41.1 Å². The van der Waals surface area contributed by atoms with E-state index in [-0.39, 0.29) is 0 Å². The van der Waals surface area contributed by atoms with Gasteiger partial charge in [-0.2, -0.15) is 10.1 Å². The molecule has 6 nitrogen and oxygen atoms in total. The lowest BCUT2D eigenvalue weighted by atomic mass is 10.3. The lowest BCUT2D eigenvalue weighted by molar-refractivity contribution is 0.847. The van der Waals surface area contributed by atoms with Gasteiger partial charge in [-0.05, 0) is 47.1 Å². The summed E-state index contributed by atoms with van der Waals surface area (Å²) in [5.74, 6) is 1.21. The van der Waals surface area contributed by atoms with Gasteiger partial charge in [-0.25, -0.2) is 9.67 Å². The maximum atomic E-state index is 5.92. The van der Waals surface area contributed by atoms with E-state index in [0.29, 0.717) is 16.8 Å². The highest BCUT2D eigenvalue weighted by atomic mass is 79.9. The van der Waals surface area contributed by atoms with Crippen molar-refractivity contribution in [1.29, 1.82) is 0 Å². The molecule has 0 unspecified atom stereocenters. The standard InChI is InChI=1S/C15H14BrClN6/c1-9-13(21-15-19-7-12(16)14(18-2)22-15)8-20-23(9)11-5-3-10(17)4-6-11/h3-8H,1-2H3,(H2,18,19,21,22). The molecule has 0 aliphatic carbocycles. The van der Waals surface area contributed by atoms with Gasteiger partial charge in [-0.15, -0.1) is 0 Å². The fourth-order valence-electron chi connectivity index (χ4n) is 2.10. The third kappa shape index (κ3) is 3.30. The molecule has 0 bridgehead atoms. The van der Waals surface area contributed by atoms with Crippen molar-refractivity contribution >= 4 is 45.0 Å². The Bertz CT molecular complexity index is 830. The average molecular weight is 394 g/mol. The summed E-state index contributed by atoms with van der Waals surface area (Å²) in [6, 6.07) is 7.51. The minimum Gasteiger partial charge on any atom is -0.372 e. The maximum Gasteiger partial charge on any atom is 0.229 e. The first kappa shape index (κ1) is 15.8. The molecule has 0 aliphatic rings. The van der Waals surface area contributed by atoms with Crippen molar-refractivity contribution in [2.75, 3.05) is 17.7 Å². The molecule has 0 radical (unpaired) electrons. The summed E-state index contributed by atoms with van der Waals surface area (Å²) in [6.45, 7) is 1.97.